The maximum Gasteiger partial charge on any atom is 0.347 e. The molecule has 11 nitrogen and oxygen atoms in total. The van der Waals surface area contributed by atoms with E-state index in [0.717, 1.165) is 0 Å². The number of methoxy groups -OCH3 is 3. The van der Waals surface area contributed by atoms with Crippen molar-refractivity contribution in [2.75, 3.05) is 26.1 Å². The molecule has 0 aromatic heterocycles. The van der Waals surface area contributed by atoms with Gasteiger partial charge in [-0.1, -0.05) is 11.8 Å². The molecule has 0 aliphatic carbocycles. The van der Waals surface area contributed by atoms with Crippen LogP contribution < -0.4 is 28.4 Å². The Balaban J connectivity index is 1.16. The van der Waals surface area contributed by atoms with Crippen molar-refractivity contribution in [3.63, 3.8) is 0 Å². The van der Waals surface area contributed by atoms with Crippen molar-refractivity contribution in [1.82, 2.24) is 0 Å². The molecule has 12 heteroatoms. The van der Waals surface area contributed by atoms with Crippen molar-refractivity contribution >= 4 is 27.6 Å². The van der Waals surface area contributed by atoms with Crippen LogP contribution in [-0.4, -0.2) is 46.8 Å². The molecule has 5 rings (SSSR count). The number of rotatable bonds is 10. The molecule has 0 amide bonds. The van der Waals surface area contributed by atoms with Crippen LogP contribution in [0.15, 0.2) is 114 Å². The zero-order valence-electron chi connectivity index (χ0n) is 26.4. The second-order valence-corrected chi connectivity index (χ2v) is 11.8. The fourth-order valence-corrected chi connectivity index (χ4v) is 5.45. The molecule has 5 aromatic carbocycles. The molecule has 0 aliphatic heterocycles. The smallest absolute Gasteiger partial charge is 0.347 e. The first-order chi connectivity index (χ1) is 23.6. The van der Waals surface area contributed by atoms with Gasteiger partial charge in [0.2, 0.25) is 0 Å². The monoisotopic (exact) mass is 679 g/mol. The van der Waals surface area contributed by atoms with E-state index >= 15 is 0 Å². The third-order valence-electron chi connectivity index (χ3n) is 6.93. The SMILES string of the molecule is COc1cc(OC)c(C(=O)Oc2ccc(C(=O)Oc3ccc(C#Cc4ccc(NS(=O)(=O)c5ccc(O)cc5)cc4)cc3)cc2)cc1OC. The Kier molecular flexibility index (Phi) is 10.4. The maximum atomic E-state index is 12.9. The number of nitrogens with one attached hydrogen (secondary N) is 1. The van der Waals surface area contributed by atoms with E-state index in [2.05, 4.69) is 16.6 Å². The highest BCUT2D eigenvalue weighted by Gasteiger charge is 2.20. The predicted molar refractivity (Wildman–Crippen MR) is 180 cm³/mol. The average Bonchev–Trinajstić information content (AvgIpc) is 3.11. The van der Waals surface area contributed by atoms with Gasteiger partial charge >= 0.3 is 11.9 Å². The molecule has 0 aliphatic rings. The summed E-state index contributed by atoms with van der Waals surface area (Å²) in [5, 5.41) is 9.39. The van der Waals surface area contributed by atoms with Crippen LogP contribution in [0.4, 0.5) is 5.69 Å². The first-order valence-corrected chi connectivity index (χ1v) is 16.0. The van der Waals surface area contributed by atoms with Gasteiger partial charge in [0.1, 0.15) is 28.6 Å². The lowest BCUT2D eigenvalue weighted by Gasteiger charge is -2.13. The average molecular weight is 680 g/mol. The summed E-state index contributed by atoms with van der Waals surface area (Å²) in [6, 6.07) is 27.2. The van der Waals surface area contributed by atoms with Gasteiger partial charge in [0, 0.05) is 28.9 Å². The van der Waals surface area contributed by atoms with Crippen molar-refractivity contribution < 1.29 is 46.8 Å². The second kappa shape index (κ2) is 15.0. The predicted octanol–water partition coefficient (Wildman–Crippen LogP) is 6.06. The zero-order valence-corrected chi connectivity index (χ0v) is 27.2. The molecular formula is C37H29NO10S. The zero-order chi connectivity index (χ0) is 35.0. The van der Waals surface area contributed by atoms with Crippen molar-refractivity contribution in [3.8, 4) is 46.3 Å². The van der Waals surface area contributed by atoms with Crippen LogP contribution in [0, 0.1) is 11.8 Å². The minimum absolute atomic E-state index is 0.0220. The Morgan fingerprint density at radius 1 is 0.612 bits per heavy atom. The van der Waals surface area contributed by atoms with E-state index in [1.165, 1.54) is 82.0 Å². The lowest BCUT2D eigenvalue weighted by atomic mass is 10.1. The maximum absolute atomic E-state index is 12.9. The Labute approximate surface area is 282 Å². The molecule has 5 aromatic rings. The fourth-order valence-electron chi connectivity index (χ4n) is 4.39. The van der Waals surface area contributed by atoms with Crippen molar-refractivity contribution in [2.24, 2.45) is 0 Å². The quantitative estimate of drug-likeness (QED) is 0.102. The van der Waals surface area contributed by atoms with Crippen LogP contribution in [-0.2, 0) is 10.0 Å². The standard InChI is InChI=1S/C37H29NO10S/c1-44-33-23-35(46-3)34(45-2)22-32(33)37(41)48-30-18-10-26(11-19-30)36(40)47-29-16-8-25(9-17-29)5-4-24-6-12-27(13-7-24)38-49(42,43)31-20-14-28(39)15-21-31/h6-23,38-39H,1-3H3. The molecule has 49 heavy (non-hydrogen) atoms. The van der Waals surface area contributed by atoms with Gasteiger partial charge < -0.3 is 28.8 Å². The molecule has 0 bridgehead atoms. The molecule has 0 atom stereocenters. The summed E-state index contributed by atoms with van der Waals surface area (Å²) in [6.45, 7) is 0. The first kappa shape index (κ1) is 33.9. The number of benzene rings is 5. The summed E-state index contributed by atoms with van der Waals surface area (Å²) in [6.07, 6.45) is 0. The number of carbonyl (C=O) groups excluding carboxylic acids is 2. The van der Waals surface area contributed by atoms with Crippen LogP contribution >= 0.6 is 0 Å². The van der Waals surface area contributed by atoms with E-state index in [9.17, 15) is 23.1 Å². The lowest BCUT2D eigenvalue weighted by molar-refractivity contribution is 0.0727. The summed E-state index contributed by atoms with van der Waals surface area (Å²) < 4.78 is 54.3. The highest BCUT2D eigenvalue weighted by Crippen LogP contribution is 2.35. The molecular weight excluding hydrogens is 650 g/mol. The van der Waals surface area contributed by atoms with Crippen LogP contribution in [0.25, 0.3) is 0 Å². The number of phenolic OH excluding ortho intramolecular Hbond substituents is 1. The minimum atomic E-state index is -3.81. The molecule has 0 heterocycles. The van der Waals surface area contributed by atoms with Crippen molar-refractivity contribution in [1.29, 1.82) is 0 Å². The number of anilines is 1. The minimum Gasteiger partial charge on any atom is -0.508 e. The molecule has 0 fully saturated rings. The highest BCUT2D eigenvalue weighted by molar-refractivity contribution is 7.92. The molecule has 2 N–H and O–H groups in total. The van der Waals surface area contributed by atoms with Crippen molar-refractivity contribution in [3.05, 3.63) is 131 Å². The lowest BCUT2D eigenvalue weighted by Crippen LogP contribution is -2.12. The van der Waals surface area contributed by atoms with E-state index in [1.807, 2.05) is 0 Å². The van der Waals surface area contributed by atoms with Crippen molar-refractivity contribution in [2.45, 2.75) is 4.90 Å². The van der Waals surface area contributed by atoms with Gasteiger partial charge in [0.05, 0.1) is 31.8 Å². The van der Waals surface area contributed by atoms with Gasteiger partial charge in [-0.25, -0.2) is 18.0 Å². The molecule has 248 valence electrons. The first-order valence-electron chi connectivity index (χ1n) is 14.5. The number of carbonyl (C=O) groups is 2. The van der Waals surface area contributed by atoms with E-state index in [1.54, 1.807) is 48.5 Å². The van der Waals surface area contributed by atoms with Crippen LogP contribution in [0.1, 0.15) is 31.8 Å². The van der Waals surface area contributed by atoms with Crippen LogP contribution in [0.5, 0.6) is 34.5 Å². The van der Waals surface area contributed by atoms with Gasteiger partial charge in [-0.05, 0) is 97.1 Å². The third-order valence-corrected chi connectivity index (χ3v) is 8.32. The van der Waals surface area contributed by atoms with E-state index in [4.69, 9.17) is 23.7 Å². The van der Waals surface area contributed by atoms with E-state index in [0.29, 0.717) is 34.1 Å². The Hall–Kier alpha value is -6.45. The number of hydrogen-bond acceptors (Lipinski definition) is 10. The van der Waals surface area contributed by atoms with Gasteiger partial charge in [0.15, 0.2) is 11.5 Å². The Morgan fingerprint density at radius 3 is 1.65 bits per heavy atom. The van der Waals surface area contributed by atoms with Crippen LogP contribution in [0.3, 0.4) is 0 Å². The molecule has 0 saturated heterocycles. The number of aromatic hydroxyl groups is 1. The molecule has 0 spiro atoms. The largest absolute Gasteiger partial charge is 0.508 e. The Morgan fingerprint density at radius 2 is 1.10 bits per heavy atom. The topological polar surface area (TPSA) is 147 Å². The van der Waals surface area contributed by atoms with Crippen LogP contribution in [0.2, 0.25) is 0 Å². The molecule has 0 unspecified atom stereocenters. The van der Waals surface area contributed by atoms with E-state index in [-0.39, 0.29) is 33.3 Å². The summed E-state index contributed by atoms with van der Waals surface area (Å²) >= 11 is 0. The summed E-state index contributed by atoms with van der Waals surface area (Å²) in [7, 11) is 0.520. The normalized spacial score (nSPS) is 10.6. The second-order valence-electron chi connectivity index (χ2n) is 10.2. The number of esters is 2. The number of ether oxygens (including phenoxy) is 5. The number of hydrogen-bond donors (Lipinski definition) is 2. The van der Waals surface area contributed by atoms with E-state index < -0.39 is 22.0 Å². The highest BCUT2D eigenvalue weighted by atomic mass is 32.2. The fraction of sp³-hybridized carbons (Fsp3) is 0.0811. The van der Waals surface area contributed by atoms with Gasteiger partial charge in [-0.3, -0.25) is 4.72 Å². The molecule has 0 saturated carbocycles. The summed E-state index contributed by atoms with van der Waals surface area (Å²) in [5.74, 6) is 6.15. The summed E-state index contributed by atoms with van der Waals surface area (Å²) in [4.78, 5) is 25.6. The number of sulfonamides is 1. The summed E-state index contributed by atoms with van der Waals surface area (Å²) in [5.41, 5.74) is 2.04. The van der Waals surface area contributed by atoms with Gasteiger partial charge in [-0.2, -0.15) is 0 Å². The van der Waals surface area contributed by atoms with Gasteiger partial charge in [-0.15, -0.1) is 0 Å². The molecule has 0 radical (unpaired) electrons. The number of phenols is 1. The third kappa shape index (κ3) is 8.48. The Bertz CT molecular complexity index is 2130. The van der Waals surface area contributed by atoms with Gasteiger partial charge in [0.25, 0.3) is 10.0 Å².